The van der Waals surface area contributed by atoms with Crippen LogP contribution in [0, 0.1) is 28.1 Å². The number of piperidine rings is 1. The minimum Gasteiger partial charge on any atom is -0.388 e. The van der Waals surface area contributed by atoms with Gasteiger partial charge >= 0.3 is 0 Å². The van der Waals surface area contributed by atoms with Gasteiger partial charge in [0.15, 0.2) is 5.65 Å². The molecule has 11 heteroatoms. The van der Waals surface area contributed by atoms with Crippen LogP contribution in [0.1, 0.15) is 62.2 Å². The van der Waals surface area contributed by atoms with Crippen LogP contribution in [0.25, 0.3) is 11.2 Å². The van der Waals surface area contributed by atoms with E-state index in [9.17, 15) is 9.59 Å². The SMILES string of the molecule is CNc1ccc(Cl)cc1C(=N)c1cnc2[nH]cc(C(=O)N[C@@H](C)C(C)(C)C)c2n1.N#CC1CCN(C=O)CC1. The van der Waals surface area contributed by atoms with Gasteiger partial charge in [0.25, 0.3) is 5.91 Å². The molecule has 0 bridgehead atoms. The molecule has 1 aliphatic rings. The minimum atomic E-state index is -0.227. The molecule has 39 heavy (non-hydrogen) atoms. The molecule has 0 saturated carbocycles. The predicted octanol–water partition coefficient (Wildman–Crippen LogP) is 4.61. The van der Waals surface area contributed by atoms with Crippen molar-refractivity contribution in [1.82, 2.24) is 25.2 Å². The van der Waals surface area contributed by atoms with E-state index in [-0.39, 0.29) is 29.0 Å². The van der Waals surface area contributed by atoms with Crippen molar-refractivity contribution >= 4 is 46.5 Å². The van der Waals surface area contributed by atoms with Crippen LogP contribution in [-0.2, 0) is 4.79 Å². The summed E-state index contributed by atoms with van der Waals surface area (Å²) in [5, 5.41) is 23.7. The fourth-order valence-electron chi connectivity index (χ4n) is 3.89. The lowest BCUT2D eigenvalue weighted by Gasteiger charge is -2.27. The Morgan fingerprint density at radius 1 is 1.31 bits per heavy atom. The lowest BCUT2D eigenvalue weighted by atomic mass is 9.88. The number of amides is 2. The number of carbonyl (C=O) groups excluding carboxylic acids is 2. The highest BCUT2D eigenvalue weighted by Gasteiger charge is 2.24. The highest BCUT2D eigenvalue weighted by atomic mass is 35.5. The summed E-state index contributed by atoms with van der Waals surface area (Å²) < 4.78 is 0. The number of H-pyrrole nitrogens is 1. The van der Waals surface area contributed by atoms with Crippen molar-refractivity contribution in [2.45, 2.75) is 46.6 Å². The molecule has 0 spiro atoms. The van der Waals surface area contributed by atoms with E-state index in [1.807, 2.05) is 6.92 Å². The first kappa shape index (κ1) is 29.6. The van der Waals surface area contributed by atoms with Gasteiger partial charge in [-0.05, 0) is 43.4 Å². The molecule has 1 aliphatic heterocycles. The number of nitrogens with zero attached hydrogens (tertiary/aromatic N) is 4. The maximum atomic E-state index is 12.8. The van der Waals surface area contributed by atoms with Crippen molar-refractivity contribution < 1.29 is 9.59 Å². The van der Waals surface area contributed by atoms with Gasteiger partial charge < -0.3 is 20.5 Å². The van der Waals surface area contributed by atoms with Gasteiger partial charge in [0.05, 0.1) is 23.5 Å². The molecule has 1 saturated heterocycles. The highest BCUT2D eigenvalue weighted by Crippen LogP contribution is 2.24. The molecule has 206 valence electrons. The molecule has 4 N–H and O–H groups in total. The zero-order valence-corrected chi connectivity index (χ0v) is 23.7. The molecule has 2 aromatic heterocycles. The second-order valence-corrected chi connectivity index (χ2v) is 11.0. The third-order valence-electron chi connectivity index (χ3n) is 6.91. The van der Waals surface area contributed by atoms with Gasteiger partial charge in [-0.1, -0.05) is 32.4 Å². The van der Waals surface area contributed by atoms with Crippen molar-refractivity contribution in [1.29, 1.82) is 10.7 Å². The number of aromatic nitrogens is 3. The first-order valence-corrected chi connectivity index (χ1v) is 13.2. The number of hydrogen-bond acceptors (Lipinski definition) is 7. The van der Waals surface area contributed by atoms with Gasteiger partial charge in [0.2, 0.25) is 6.41 Å². The Kier molecular flexibility index (Phi) is 9.65. The molecule has 10 nitrogen and oxygen atoms in total. The first-order valence-electron chi connectivity index (χ1n) is 12.8. The van der Waals surface area contributed by atoms with Crippen LogP contribution in [0.3, 0.4) is 0 Å². The van der Waals surface area contributed by atoms with E-state index in [4.69, 9.17) is 22.3 Å². The number of halogens is 1. The average molecular weight is 551 g/mol. The minimum absolute atomic E-state index is 0.0287. The highest BCUT2D eigenvalue weighted by molar-refractivity contribution is 6.31. The van der Waals surface area contributed by atoms with Crippen molar-refractivity contribution in [2.24, 2.45) is 11.3 Å². The lowest BCUT2D eigenvalue weighted by molar-refractivity contribution is -0.119. The summed E-state index contributed by atoms with van der Waals surface area (Å²) >= 11 is 6.12. The van der Waals surface area contributed by atoms with E-state index in [1.54, 1.807) is 36.3 Å². The zero-order chi connectivity index (χ0) is 28.7. The van der Waals surface area contributed by atoms with E-state index in [0.717, 1.165) is 38.0 Å². The number of hydrogen-bond donors (Lipinski definition) is 4. The summed E-state index contributed by atoms with van der Waals surface area (Å²) in [6.45, 7) is 9.67. The summed E-state index contributed by atoms with van der Waals surface area (Å²) in [7, 11) is 1.78. The number of nitriles is 1. The van der Waals surface area contributed by atoms with E-state index >= 15 is 0 Å². The maximum Gasteiger partial charge on any atom is 0.255 e. The van der Waals surface area contributed by atoms with E-state index in [0.29, 0.717) is 33.0 Å². The average Bonchev–Trinajstić information content (AvgIpc) is 3.36. The van der Waals surface area contributed by atoms with Gasteiger partial charge in [-0.15, -0.1) is 0 Å². The predicted molar refractivity (Wildman–Crippen MR) is 153 cm³/mol. The number of anilines is 1. The molecule has 0 unspecified atom stereocenters. The van der Waals surface area contributed by atoms with Gasteiger partial charge in [0, 0.05) is 54.6 Å². The smallest absolute Gasteiger partial charge is 0.255 e. The summed E-state index contributed by atoms with van der Waals surface area (Å²) in [6, 6.07) is 7.44. The van der Waals surface area contributed by atoms with Crippen LogP contribution in [0.4, 0.5) is 5.69 Å². The largest absolute Gasteiger partial charge is 0.388 e. The monoisotopic (exact) mass is 550 g/mol. The summed E-state index contributed by atoms with van der Waals surface area (Å²) in [5.74, 6) is -0.0495. The quantitative estimate of drug-likeness (QED) is 0.260. The number of carbonyl (C=O) groups is 2. The van der Waals surface area contributed by atoms with Crippen molar-refractivity contribution in [2.75, 3.05) is 25.5 Å². The zero-order valence-electron chi connectivity index (χ0n) is 22.9. The summed E-state index contributed by atoms with van der Waals surface area (Å²) in [5.41, 5.74) is 3.14. The summed E-state index contributed by atoms with van der Waals surface area (Å²) in [6.07, 6.45) is 5.65. The molecule has 1 aromatic carbocycles. The Labute approximate surface area is 233 Å². The topological polar surface area (TPSA) is 151 Å². The third kappa shape index (κ3) is 7.33. The Morgan fingerprint density at radius 3 is 2.59 bits per heavy atom. The van der Waals surface area contributed by atoms with E-state index < -0.39 is 0 Å². The molecule has 0 radical (unpaired) electrons. The molecule has 2 amide bonds. The normalized spacial score (nSPS) is 14.5. The fourth-order valence-corrected chi connectivity index (χ4v) is 4.06. The van der Waals surface area contributed by atoms with Crippen LogP contribution in [0.5, 0.6) is 0 Å². The second-order valence-electron chi connectivity index (χ2n) is 10.6. The van der Waals surface area contributed by atoms with Gasteiger partial charge in [0.1, 0.15) is 11.2 Å². The molecular formula is C28H35ClN8O2. The molecule has 3 aromatic rings. The third-order valence-corrected chi connectivity index (χ3v) is 7.14. The Balaban J connectivity index is 0.000000353. The molecule has 3 heterocycles. The van der Waals surface area contributed by atoms with Crippen LogP contribution in [-0.4, -0.2) is 64.1 Å². The Bertz CT molecular complexity index is 1380. The molecular weight excluding hydrogens is 516 g/mol. The van der Waals surface area contributed by atoms with Gasteiger partial charge in [-0.3, -0.25) is 15.0 Å². The standard InChI is InChI=1S/C21H25ClN6O.C7H10N2O/c1-11(21(2,3)4)27-20(29)14-9-25-19-18(14)28-16(10-26-19)17(23)13-8-12(22)6-7-15(13)24-5;8-5-7-1-3-9(6-10)4-2-7/h6-11,23-24H,1-5H3,(H,25,26)(H,27,29);6-7H,1-4H2/t11-;/m0./s1. The number of likely N-dealkylation sites (tertiary alicyclic amines) is 1. The number of benzene rings is 1. The molecule has 4 rings (SSSR count). The van der Waals surface area contributed by atoms with E-state index in [2.05, 4.69) is 52.4 Å². The van der Waals surface area contributed by atoms with Crippen molar-refractivity contribution in [3.63, 3.8) is 0 Å². The number of fused-ring (bicyclic) bond motifs is 1. The van der Waals surface area contributed by atoms with Crippen LogP contribution in [0.15, 0.2) is 30.6 Å². The number of aromatic amines is 1. The van der Waals surface area contributed by atoms with Crippen molar-refractivity contribution in [3.05, 3.63) is 52.4 Å². The molecule has 0 aliphatic carbocycles. The fraction of sp³-hybridized carbons (Fsp3) is 0.429. The molecule has 1 fully saturated rings. The second kappa shape index (κ2) is 12.7. The maximum absolute atomic E-state index is 12.8. The number of nitrogens with one attached hydrogen (secondary N) is 4. The Morgan fingerprint density at radius 2 is 2.00 bits per heavy atom. The van der Waals surface area contributed by atoms with Crippen LogP contribution < -0.4 is 10.6 Å². The van der Waals surface area contributed by atoms with Crippen molar-refractivity contribution in [3.8, 4) is 6.07 Å². The molecule has 1 atom stereocenters. The Hall–Kier alpha value is -3.97. The van der Waals surface area contributed by atoms with Gasteiger partial charge in [-0.25, -0.2) is 9.97 Å². The number of rotatable bonds is 6. The van der Waals surface area contributed by atoms with Crippen LogP contribution >= 0.6 is 11.6 Å². The summed E-state index contributed by atoms with van der Waals surface area (Å²) in [4.78, 5) is 36.6. The van der Waals surface area contributed by atoms with E-state index in [1.165, 1.54) is 6.20 Å². The lowest BCUT2D eigenvalue weighted by Crippen LogP contribution is -2.41. The first-order chi connectivity index (χ1) is 18.5. The van der Waals surface area contributed by atoms with Crippen LogP contribution in [0.2, 0.25) is 5.02 Å². The van der Waals surface area contributed by atoms with Gasteiger partial charge in [-0.2, -0.15) is 5.26 Å².